The fraction of sp³-hybridized carbons (Fsp3) is 0.409. The van der Waals surface area contributed by atoms with E-state index in [0.29, 0.717) is 39.9 Å². The molecule has 1 aliphatic heterocycles. The van der Waals surface area contributed by atoms with Crippen molar-refractivity contribution in [2.75, 3.05) is 43.9 Å². The summed E-state index contributed by atoms with van der Waals surface area (Å²) in [5.41, 5.74) is 0.797. The molecule has 0 saturated carbocycles. The number of hydrogen-bond acceptors (Lipinski definition) is 7. The highest BCUT2D eigenvalue weighted by molar-refractivity contribution is 6.18. The first-order valence-electron chi connectivity index (χ1n) is 9.97. The van der Waals surface area contributed by atoms with Crippen LogP contribution >= 0.6 is 47.2 Å². The van der Waals surface area contributed by atoms with Crippen LogP contribution in [0.4, 0.5) is 0 Å². The minimum atomic E-state index is -1.33. The molecule has 0 saturated heterocycles. The molecule has 1 aromatic rings. The van der Waals surface area contributed by atoms with E-state index in [1.54, 1.807) is 0 Å². The van der Waals surface area contributed by atoms with Crippen LogP contribution < -0.4 is 0 Å². The van der Waals surface area contributed by atoms with Crippen LogP contribution in [0.2, 0.25) is 0 Å². The monoisotopic (exact) mass is 539 g/mol. The molecule has 4 rings (SSSR count). The normalized spacial score (nSPS) is 20.5. The van der Waals surface area contributed by atoms with Gasteiger partial charge in [0.1, 0.15) is 12.2 Å². The zero-order chi connectivity index (χ0) is 23.5. The van der Waals surface area contributed by atoms with Crippen LogP contribution in [0.5, 0.6) is 11.5 Å². The van der Waals surface area contributed by atoms with E-state index in [2.05, 4.69) is 4.90 Å². The van der Waals surface area contributed by atoms with Crippen molar-refractivity contribution in [3.63, 3.8) is 0 Å². The molecular weight excluding hydrogens is 516 g/mol. The number of hydrogen-bond donors (Lipinski definition) is 4. The highest BCUT2D eigenvalue weighted by Crippen LogP contribution is 2.50. The summed E-state index contributed by atoms with van der Waals surface area (Å²) in [6, 6.07) is 2.77. The maximum absolute atomic E-state index is 11.5. The largest absolute Gasteiger partial charge is 0.504 e. The van der Waals surface area contributed by atoms with Gasteiger partial charge in [-0.15, -0.1) is 47.2 Å². The molecule has 0 aromatic heterocycles. The zero-order valence-electron chi connectivity index (χ0n) is 17.6. The maximum atomic E-state index is 11.5. The molecule has 2 aliphatic carbocycles. The van der Waals surface area contributed by atoms with E-state index in [-0.39, 0.29) is 42.7 Å². The molecule has 1 aromatic carbocycles. The highest BCUT2D eigenvalue weighted by atomic mass is 35.5. The van der Waals surface area contributed by atoms with Crippen molar-refractivity contribution >= 4 is 58.6 Å². The fourth-order valence-electron chi connectivity index (χ4n) is 3.95. The number of rotatable bonds is 6. The molecule has 11 heteroatoms. The maximum Gasteiger partial charge on any atom is 0.224 e. The minimum Gasteiger partial charge on any atom is -0.504 e. The molecule has 33 heavy (non-hydrogen) atoms. The smallest absolute Gasteiger partial charge is 0.224 e. The van der Waals surface area contributed by atoms with E-state index in [4.69, 9.17) is 39.5 Å². The number of ether oxygens (including phenoxy) is 1. The van der Waals surface area contributed by atoms with E-state index in [0.717, 1.165) is 19.6 Å². The Balaban J connectivity index is 0.000000302. The highest BCUT2D eigenvalue weighted by Gasteiger charge is 2.47. The van der Waals surface area contributed by atoms with Crippen LogP contribution in [-0.4, -0.2) is 80.6 Å². The molecule has 0 spiro atoms. The van der Waals surface area contributed by atoms with Gasteiger partial charge in [-0.25, -0.2) is 0 Å². The van der Waals surface area contributed by atoms with Gasteiger partial charge in [-0.1, -0.05) is 0 Å². The molecule has 0 amide bonds. The van der Waals surface area contributed by atoms with Crippen molar-refractivity contribution < 1.29 is 30.0 Å². The van der Waals surface area contributed by atoms with Gasteiger partial charge in [0.2, 0.25) is 11.5 Å². The van der Waals surface area contributed by atoms with Crippen LogP contribution in [0.1, 0.15) is 11.1 Å². The van der Waals surface area contributed by atoms with E-state index < -0.39 is 17.1 Å². The van der Waals surface area contributed by atoms with Crippen molar-refractivity contribution in [3.8, 4) is 11.5 Å². The van der Waals surface area contributed by atoms with Crippen molar-refractivity contribution in [1.82, 2.24) is 4.90 Å². The van der Waals surface area contributed by atoms with Gasteiger partial charge >= 0.3 is 0 Å². The van der Waals surface area contributed by atoms with Gasteiger partial charge in [0.05, 0.1) is 0 Å². The molecule has 0 bridgehead atoms. The number of aromatic hydroxyl groups is 2. The van der Waals surface area contributed by atoms with Gasteiger partial charge in [0.25, 0.3) is 0 Å². The number of phenolic OH excluding ortho intramolecular Hbond substituents is 2. The number of aliphatic hydroxyl groups excluding tert-OH is 1. The van der Waals surface area contributed by atoms with Crippen LogP contribution in [0.3, 0.4) is 0 Å². The second-order valence-corrected chi connectivity index (χ2v) is 8.70. The SMILES string of the molecule is Cl.ClCCN(CCCl)CCCl.O=C1C=CC2=C3c4cc(O)c(O)cc4CC3(O)COC2=C1O. The van der Waals surface area contributed by atoms with E-state index in [1.807, 2.05) is 0 Å². The molecule has 1 atom stereocenters. The second kappa shape index (κ2) is 11.7. The summed E-state index contributed by atoms with van der Waals surface area (Å²) >= 11 is 16.6. The van der Waals surface area contributed by atoms with Gasteiger partial charge in [0.15, 0.2) is 17.3 Å². The van der Waals surface area contributed by atoms with Crippen molar-refractivity contribution in [1.29, 1.82) is 0 Å². The average molecular weight is 541 g/mol. The summed E-state index contributed by atoms with van der Waals surface area (Å²) in [5.74, 6) is 0.358. The van der Waals surface area contributed by atoms with Gasteiger partial charge in [0, 0.05) is 54.8 Å². The van der Waals surface area contributed by atoms with Crippen molar-refractivity contribution in [2.45, 2.75) is 12.0 Å². The minimum absolute atomic E-state index is 0. The Morgan fingerprint density at radius 1 is 0.970 bits per heavy atom. The number of ketones is 1. The summed E-state index contributed by atoms with van der Waals surface area (Å²) in [6.07, 6.45) is 2.90. The number of allylic oxidation sites excluding steroid dienone is 2. The Labute approximate surface area is 212 Å². The van der Waals surface area contributed by atoms with Crippen LogP contribution in [0.15, 0.2) is 41.4 Å². The third kappa shape index (κ3) is 5.73. The quantitative estimate of drug-likeness (QED) is 0.323. The van der Waals surface area contributed by atoms with E-state index >= 15 is 0 Å². The number of alkyl halides is 3. The Morgan fingerprint density at radius 2 is 1.55 bits per heavy atom. The zero-order valence-corrected chi connectivity index (χ0v) is 20.6. The number of aliphatic hydroxyl groups is 2. The third-order valence-corrected chi connectivity index (χ3v) is 5.95. The summed E-state index contributed by atoms with van der Waals surface area (Å²) in [7, 11) is 0. The van der Waals surface area contributed by atoms with Crippen molar-refractivity contribution in [2.24, 2.45) is 0 Å². The Kier molecular flexibility index (Phi) is 9.79. The van der Waals surface area contributed by atoms with Crippen molar-refractivity contribution in [3.05, 3.63) is 52.5 Å². The lowest BCUT2D eigenvalue weighted by Gasteiger charge is -2.33. The molecule has 4 N–H and O–H groups in total. The van der Waals surface area contributed by atoms with Crippen LogP contribution in [-0.2, 0) is 16.0 Å². The molecule has 0 radical (unpaired) electrons. The summed E-state index contributed by atoms with van der Waals surface area (Å²) in [5, 5.41) is 40.1. The standard InChI is InChI=1S/C16H12O6.C6H12Cl3N.ClH/c17-10-2-1-8-13-9-4-12(19)11(18)3-7(9)5-16(13,21)6-22-15(8)14(10)20;7-1-4-10(5-2-8)6-3-9;/h1-4,18-21H,5-6H2;1-6H2;1H. The third-order valence-electron chi connectivity index (χ3n) is 5.44. The average Bonchev–Trinajstić information content (AvgIpc) is 3.03. The molecular formula is C22H25Cl4NO6. The summed E-state index contributed by atoms with van der Waals surface area (Å²) < 4.78 is 5.40. The first kappa shape index (κ1) is 27.6. The van der Waals surface area contributed by atoms with E-state index in [9.17, 15) is 25.2 Å². The number of phenols is 2. The van der Waals surface area contributed by atoms with Crippen LogP contribution in [0, 0.1) is 0 Å². The summed E-state index contributed by atoms with van der Waals surface area (Å²) in [6.45, 7) is 2.51. The molecule has 0 fully saturated rings. The van der Waals surface area contributed by atoms with E-state index in [1.165, 1.54) is 24.3 Å². The number of carbonyl (C=O) groups excluding carboxylic acids is 1. The van der Waals surface area contributed by atoms with Gasteiger partial charge in [-0.3, -0.25) is 9.69 Å². The number of nitrogens with zero attached hydrogens (tertiary/aromatic N) is 1. The summed E-state index contributed by atoms with van der Waals surface area (Å²) in [4.78, 5) is 13.7. The van der Waals surface area contributed by atoms with Gasteiger partial charge in [-0.05, 0) is 35.4 Å². The molecule has 182 valence electrons. The first-order valence-corrected chi connectivity index (χ1v) is 11.6. The van der Waals surface area contributed by atoms with Crippen LogP contribution in [0.25, 0.3) is 5.57 Å². The molecule has 1 unspecified atom stereocenters. The predicted octanol–water partition coefficient (Wildman–Crippen LogP) is 3.50. The molecule has 3 aliphatic rings. The van der Waals surface area contributed by atoms with Gasteiger partial charge in [-0.2, -0.15) is 0 Å². The number of fused-ring (bicyclic) bond motifs is 4. The lowest BCUT2D eigenvalue weighted by atomic mass is 9.85. The molecule has 7 nitrogen and oxygen atoms in total. The molecule has 1 heterocycles. The first-order chi connectivity index (χ1) is 15.3. The second-order valence-electron chi connectivity index (χ2n) is 7.57. The number of carbonyl (C=O) groups is 1. The Morgan fingerprint density at radius 3 is 2.12 bits per heavy atom. The topological polar surface area (TPSA) is 110 Å². The lowest BCUT2D eigenvalue weighted by molar-refractivity contribution is -0.114. The fourth-order valence-corrected chi connectivity index (χ4v) is 4.67. The number of benzene rings is 1. The Hall–Kier alpha value is -1.61. The Bertz CT molecular complexity index is 979. The number of halogens is 4. The predicted molar refractivity (Wildman–Crippen MR) is 131 cm³/mol. The van der Waals surface area contributed by atoms with Gasteiger partial charge < -0.3 is 25.2 Å². The lowest BCUT2D eigenvalue weighted by Crippen LogP contribution is -2.39.